The lowest BCUT2D eigenvalue weighted by atomic mass is 9.88. The zero-order valence-electron chi connectivity index (χ0n) is 51.5. The second-order valence-corrected chi connectivity index (χ2v) is 17.9. The van der Waals surface area contributed by atoms with Crippen LogP contribution in [0.1, 0.15) is 45.5 Å². The summed E-state index contributed by atoms with van der Waals surface area (Å²) in [7, 11) is 0. The van der Waals surface area contributed by atoms with E-state index in [1.807, 2.05) is 77.4 Å². The third kappa shape index (κ3) is 6.69. The molecule has 0 unspecified atom stereocenters. The van der Waals surface area contributed by atoms with E-state index in [1.165, 1.54) is 0 Å². The summed E-state index contributed by atoms with van der Waals surface area (Å²) in [5.74, 6) is 1.08. The smallest absolute Gasteiger partial charge is 0.269 e. The fourth-order valence-electron chi connectivity index (χ4n) is 9.68. The van der Waals surface area contributed by atoms with Gasteiger partial charge in [-0.05, 0) is 104 Å². The number of hydrogen-bond donors (Lipinski definition) is 0. The van der Waals surface area contributed by atoms with E-state index in [0.29, 0.717) is 44.7 Å². The van der Waals surface area contributed by atoms with E-state index in [4.69, 9.17) is 20.7 Å². The number of fused-ring (bicyclic) bond motifs is 10. The standard InChI is InChI=1S/C64H46N4O/c1-64(2,3)44-35-36-65-61(37-44)68-57-33-15-14-29-52(57)56-39-55(43-21-8-5-9-22-43)60(40-59(56)68)69-46-24-16-23-45(38-46)66-41-67-62-47(42-19-6-4-7-20-42)30-17-31-53(62)50-27-12-10-25-48(50)49-26-11-13-28-51(49)54-32-18-34-58(66)63(54)67/h4-40H,1-3H3/i4D,5D,6D,7D,8D,9D,10D,12D,19D,20D,21D,22D,25D,27D. The average molecular weight is 901 g/mol. The number of aromatic nitrogens is 4. The van der Waals surface area contributed by atoms with Gasteiger partial charge in [0.2, 0.25) is 0 Å². The van der Waals surface area contributed by atoms with Crippen LogP contribution in [0.15, 0.2) is 224 Å². The van der Waals surface area contributed by atoms with Crippen molar-refractivity contribution in [3.63, 3.8) is 0 Å². The Balaban J connectivity index is 1.09. The van der Waals surface area contributed by atoms with Crippen LogP contribution in [-0.2, 0) is 5.41 Å². The summed E-state index contributed by atoms with van der Waals surface area (Å²) in [6.45, 7) is 6.37. The average Bonchev–Trinajstić information content (AvgIpc) is 4.27. The molecule has 0 aliphatic carbocycles. The van der Waals surface area contributed by atoms with Crippen molar-refractivity contribution < 1.29 is 28.5 Å². The molecule has 12 aromatic rings. The summed E-state index contributed by atoms with van der Waals surface area (Å²) in [5, 5.41) is 1.55. The van der Waals surface area contributed by atoms with Crippen molar-refractivity contribution in [3.8, 4) is 84.3 Å². The Morgan fingerprint density at radius 3 is 1.93 bits per heavy atom. The third-order valence-electron chi connectivity index (χ3n) is 12.8. The van der Waals surface area contributed by atoms with Crippen LogP contribution in [0.2, 0.25) is 0 Å². The van der Waals surface area contributed by atoms with Crippen molar-refractivity contribution in [2.45, 2.75) is 26.2 Å². The largest absolute Gasteiger partial charge is 0.457 e. The Kier molecular flexibility index (Phi) is 6.55. The van der Waals surface area contributed by atoms with Crippen LogP contribution >= 0.6 is 0 Å². The van der Waals surface area contributed by atoms with Crippen LogP contribution in [0.5, 0.6) is 11.5 Å². The van der Waals surface area contributed by atoms with Crippen LogP contribution in [0.4, 0.5) is 0 Å². The summed E-state index contributed by atoms with van der Waals surface area (Å²) < 4.78 is 139. The van der Waals surface area contributed by atoms with Crippen molar-refractivity contribution in [3.05, 3.63) is 236 Å². The van der Waals surface area contributed by atoms with Crippen LogP contribution in [0, 0.1) is 6.33 Å². The number of ether oxygens (including phenoxy) is 1. The topological polar surface area (TPSA) is 35.9 Å². The second-order valence-electron chi connectivity index (χ2n) is 17.9. The highest BCUT2D eigenvalue weighted by atomic mass is 16.5. The third-order valence-corrected chi connectivity index (χ3v) is 12.8. The molecule has 13 rings (SSSR count). The maximum Gasteiger partial charge on any atom is 0.269 e. The number of pyridine rings is 1. The monoisotopic (exact) mass is 900 g/mol. The van der Waals surface area contributed by atoms with E-state index in [0.717, 1.165) is 21.9 Å². The first-order chi connectivity index (χ1) is 39.7. The zero-order chi connectivity index (χ0) is 58.4. The zero-order valence-corrected chi connectivity index (χ0v) is 37.5. The van der Waals surface area contributed by atoms with Gasteiger partial charge in [0.1, 0.15) is 17.3 Å². The van der Waals surface area contributed by atoms with Gasteiger partial charge in [0.15, 0.2) is 0 Å². The molecule has 1 aliphatic rings. The van der Waals surface area contributed by atoms with Gasteiger partial charge >= 0.3 is 0 Å². The first kappa shape index (κ1) is 28.4. The van der Waals surface area contributed by atoms with E-state index >= 15 is 0 Å². The van der Waals surface area contributed by atoms with Gasteiger partial charge in [0, 0.05) is 28.6 Å². The van der Waals surface area contributed by atoms with Crippen molar-refractivity contribution in [1.29, 1.82) is 0 Å². The SMILES string of the molecule is [2H]c1c([2H])c([2H])c(-c2cc3c4ccccc4n(-c4cc(C(C)(C)C)ccn4)c3cc2Oc2cccc(-n3[c-][n+]4c5c(cccc53)-c3ccccc3-c3c([2H])c([2H])c([2H])c([2H])c3-c3cccc(-c5c([2H])c([2H])c([2H])c([2H])c5[2H])c3-4)c2)c([2H])c1[2H]. The summed E-state index contributed by atoms with van der Waals surface area (Å²) >= 11 is 0. The molecule has 0 atom stereocenters. The van der Waals surface area contributed by atoms with Crippen molar-refractivity contribution >= 4 is 32.8 Å². The van der Waals surface area contributed by atoms with Crippen molar-refractivity contribution in [1.82, 2.24) is 14.1 Å². The number of benzene rings is 9. The van der Waals surface area contributed by atoms with Gasteiger partial charge < -0.3 is 4.74 Å². The number of nitrogens with zero attached hydrogens (tertiary/aromatic N) is 4. The quantitative estimate of drug-likeness (QED) is 0.123. The van der Waals surface area contributed by atoms with Gasteiger partial charge in [-0.25, -0.2) is 4.98 Å². The van der Waals surface area contributed by atoms with Gasteiger partial charge in [-0.3, -0.25) is 13.7 Å². The van der Waals surface area contributed by atoms with E-state index in [1.54, 1.807) is 76.0 Å². The molecule has 4 heterocycles. The molecule has 0 amide bonds. The van der Waals surface area contributed by atoms with Gasteiger partial charge in [0.25, 0.3) is 6.33 Å². The fraction of sp³-hybridized carbons (Fsp3) is 0.0625. The van der Waals surface area contributed by atoms with E-state index in [-0.39, 0.29) is 73.6 Å². The molecule has 328 valence electrons. The van der Waals surface area contributed by atoms with E-state index in [9.17, 15) is 8.22 Å². The molecule has 9 aromatic carbocycles. The molecule has 0 saturated heterocycles. The van der Waals surface area contributed by atoms with Crippen LogP contribution < -0.4 is 9.30 Å². The molecule has 1 aliphatic heterocycles. The Bertz CT molecular complexity index is 4770. The molecule has 0 radical (unpaired) electrons. The number of hydrogen-bond acceptors (Lipinski definition) is 2. The molecule has 5 nitrogen and oxygen atoms in total. The fourth-order valence-corrected chi connectivity index (χ4v) is 9.68. The lowest BCUT2D eigenvalue weighted by molar-refractivity contribution is -0.570. The maximum atomic E-state index is 9.58. The molecular weight excluding hydrogens is 841 g/mol. The van der Waals surface area contributed by atoms with Gasteiger partial charge in [-0.2, -0.15) is 0 Å². The predicted octanol–water partition coefficient (Wildman–Crippen LogP) is 15.9. The highest BCUT2D eigenvalue weighted by Crippen LogP contribution is 2.46. The number of rotatable bonds is 6. The molecule has 0 saturated carbocycles. The maximum absolute atomic E-state index is 9.58. The second kappa shape index (κ2) is 15.9. The summed E-state index contributed by atoms with van der Waals surface area (Å²) in [6, 6.07) is 33.8. The van der Waals surface area contributed by atoms with Gasteiger partial charge in [0.05, 0.1) is 52.6 Å². The minimum atomic E-state index is -0.583. The van der Waals surface area contributed by atoms with Crippen molar-refractivity contribution in [2.75, 3.05) is 0 Å². The normalized spacial score (nSPS) is 14.8. The molecule has 3 aromatic heterocycles. The first-order valence-corrected chi connectivity index (χ1v) is 22.5. The summed E-state index contributed by atoms with van der Waals surface area (Å²) in [4.78, 5) is 4.86. The highest BCUT2D eigenvalue weighted by molar-refractivity contribution is 6.11. The molecule has 69 heavy (non-hydrogen) atoms. The lowest BCUT2D eigenvalue weighted by Crippen LogP contribution is -2.32. The van der Waals surface area contributed by atoms with E-state index < -0.39 is 72.5 Å². The lowest BCUT2D eigenvalue weighted by Gasteiger charge is -2.20. The number of imidazole rings is 1. The molecule has 0 N–H and O–H groups in total. The summed E-state index contributed by atoms with van der Waals surface area (Å²) in [5.41, 5.74) is 6.71. The van der Waals surface area contributed by atoms with Gasteiger partial charge in [-0.15, -0.1) is 0 Å². The highest BCUT2D eigenvalue weighted by Gasteiger charge is 2.27. The Morgan fingerprint density at radius 1 is 0.522 bits per heavy atom. The Labute approximate surface area is 421 Å². The number of para-hydroxylation sites is 3. The molecule has 0 spiro atoms. The van der Waals surface area contributed by atoms with Crippen molar-refractivity contribution in [2.24, 2.45) is 0 Å². The molecule has 5 heteroatoms. The van der Waals surface area contributed by atoms with E-state index in [2.05, 4.69) is 27.1 Å². The predicted molar refractivity (Wildman–Crippen MR) is 282 cm³/mol. The first-order valence-electron chi connectivity index (χ1n) is 29.5. The molecular formula is C64H46N4O. The molecule has 0 bridgehead atoms. The summed E-state index contributed by atoms with van der Waals surface area (Å²) in [6.07, 6.45) is 5.34. The van der Waals surface area contributed by atoms with Crippen LogP contribution in [0.3, 0.4) is 0 Å². The minimum absolute atomic E-state index is 0.0613. The molecule has 0 fully saturated rings. The van der Waals surface area contributed by atoms with Crippen LogP contribution in [0.25, 0.3) is 106 Å². The Morgan fingerprint density at radius 2 is 1.14 bits per heavy atom. The Hall–Kier alpha value is -8.80. The minimum Gasteiger partial charge on any atom is -0.457 e. The van der Waals surface area contributed by atoms with Gasteiger partial charge in [-0.1, -0.05) is 190 Å². The van der Waals surface area contributed by atoms with Crippen LogP contribution in [-0.4, -0.2) is 14.1 Å².